The first-order valence-electron chi connectivity index (χ1n) is 4.32. The summed E-state index contributed by atoms with van der Waals surface area (Å²) < 4.78 is 6.12. The number of carbonyl (C=O) groups excluding carboxylic acids is 1. The fourth-order valence-corrected chi connectivity index (χ4v) is 1.21. The maximum absolute atomic E-state index is 11.3. The van der Waals surface area contributed by atoms with Crippen LogP contribution in [0.1, 0.15) is 5.69 Å². The Hall–Kier alpha value is -1.42. The van der Waals surface area contributed by atoms with Crippen molar-refractivity contribution in [3.05, 3.63) is 34.2 Å². The number of hydrogen-bond acceptors (Lipinski definition) is 3. The molecule has 0 fully saturated rings. The Balaban J connectivity index is 2.86. The molecule has 0 saturated heterocycles. The summed E-state index contributed by atoms with van der Waals surface area (Å²) in [5, 5.41) is 0. The van der Waals surface area contributed by atoms with Crippen molar-refractivity contribution >= 4 is 5.78 Å². The van der Waals surface area contributed by atoms with E-state index in [0.717, 1.165) is 5.69 Å². The number of ketones is 1. The molecule has 0 spiro atoms. The third kappa shape index (κ3) is 2.53. The van der Waals surface area contributed by atoms with Crippen molar-refractivity contribution in [1.29, 1.82) is 0 Å². The lowest BCUT2D eigenvalue weighted by molar-refractivity contribution is -0.123. The first kappa shape index (κ1) is 10.7. The van der Waals surface area contributed by atoms with Crippen LogP contribution in [0.25, 0.3) is 0 Å². The monoisotopic (exact) mass is 195 g/mol. The zero-order valence-corrected chi connectivity index (χ0v) is 8.32. The Kier molecular flexibility index (Phi) is 3.59. The van der Waals surface area contributed by atoms with E-state index < -0.39 is 0 Å². The minimum absolute atomic E-state index is 0.0424. The van der Waals surface area contributed by atoms with Gasteiger partial charge >= 0.3 is 0 Å². The Morgan fingerprint density at radius 3 is 2.79 bits per heavy atom. The van der Waals surface area contributed by atoms with Gasteiger partial charge in [-0.3, -0.25) is 9.59 Å². The number of ether oxygens (including phenoxy) is 1. The van der Waals surface area contributed by atoms with Crippen LogP contribution in [-0.4, -0.2) is 24.1 Å². The number of aromatic nitrogens is 1. The van der Waals surface area contributed by atoms with E-state index in [4.69, 9.17) is 4.74 Å². The molecule has 0 radical (unpaired) electrons. The number of carbonyl (C=O) groups is 1. The van der Waals surface area contributed by atoms with Gasteiger partial charge in [0.25, 0.3) is 5.56 Å². The van der Waals surface area contributed by atoms with E-state index in [9.17, 15) is 9.59 Å². The topological polar surface area (TPSA) is 48.3 Å². The van der Waals surface area contributed by atoms with Crippen LogP contribution in [-0.2, 0) is 16.1 Å². The van der Waals surface area contributed by atoms with E-state index in [-0.39, 0.29) is 24.5 Å². The van der Waals surface area contributed by atoms with Crippen LogP contribution in [0.15, 0.2) is 23.0 Å². The quantitative estimate of drug-likeness (QED) is 0.697. The summed E-state index contributed by atoms with van der Waals surface area (Å²) in [4.78, 5) is 22.6. The van der Waals surface area contributed by atoms with Gasteiger partial charge in [0.15, 0.2) is 5.78 Å². The first-order chi connectivity index (χ1) is 6.65. The van der Waals surface area contributed by atoms with Crippen LogP contribution in [0.4, 0.5) is 0 Å². The molecule has 76 valence electrons. The van der Waals surface area contributed by atoms with Gasteiger partial charge in [-0.2, -0.15) is 0 Å². The molecule has 0 aliphatic heterocycles. The van der Waals surface area contributed by atoms with Crippen molar-refractivity contribution in [2.24, 2.45) is 0 Å². The summed E-state index contributed by atoms with van der Waals surface area (Å²) >= 11 is 0. The lowest BCUT2D eigenvalue weighted by Crippen LogP contribution is -2.26. The van der Waals surface area contributed by atoms with Crippen LogP contribution in [0, 0.1) is 6.92 Å². The highest BCUT2D eigenvalue weighted by Crippen LogP contribution is 1.93. The molecule has 0 atom stereocenters. The summed E-state index contributed by atoms with van der Waals surface area (Å²) in [5.41, 5.74) is 0.622. The molecule has 1 rings (SSSR count). The molecule has 1 aromatic rings. The highest BCUT2D eigenvalue weighted by Gasteiger charge is 2.05. The average molecular weight is 195 g/mol. The van der Waals surface area contributed by atoms with Gasteiger partial charge in [-0.15, -0.1) is 0 Å². The lowest BCUT2D eigenvalue weighted by atomic mass is 10.3. The maximum atomic E-state index is 11.3. The zero-order valence-electron chi connectivity index (χ0n) is 8.32. The average Bonchev–Trinajstić information content (AvgIpc) is 2.12. The van der Waals surface area contributed by atoms with Gasteiger partial charge in [-0.05, 0) is 13.0 Å². The number of nitrogens with zero attached hydrogens (tertiary/aromatic N) is 1. The normalized spacial score (nSPS) is 10.1. The van der Waals surface area contributed by atoms with E-state index in [2.05, 4.69) is 0 Å². The number of Topliss-reactive ketones (excluding diaryl/α,β-unsaturated/α-hetero) is 1. The molecule has 14 heavy (non-hydrogen) atoms. The van der Waals surface area contributed by atoms with E-state index in [1.807, 2.05) is 0 Å². The van der Waals surface area contributed by atoms with Gasteiger partial charge in [0.2, 0.25) is 0 Å². The van der Waals surface area contributed by atoms with E-state index in [1.54, 1.807) is 19.1 Å². The molecule has 0 saturated carbocycles. The van der Waals surface area contributed by atoms with Crippen molar-refractivity contribution in [1.82, 2.24) is 4.57 Å². The van der Waals surface area contributed by atoms with Gasteiger partial charge < -0.3 is 9.30 Å². The van der Waals surface area contributed by atoms with Crippen LogP contribution in [0.2, 0.25) is 0 Å². The number of aryl methyl sites for hydroxylation is 1. The molecule has 0 aliphatic carbocycles. The third-order valence-corrected chi connectivity index (χ3v) is 1.91. The SMILES string of the molecule is COCC(=O)Cn1c(C)cccc1=O. The van der Waals surface area contributed by atoms with Crippen LogP contribution in [0.3, 0.4) is 0 Å². The first-order valence-corrected chi connectivity index (χ1v) is 4.32. The predicted octanol–water partition coefficient (Wildman–Crippen LogP) is 0.372. The number of hydrogen-bond donors (Lipinski definition) is 0. The molecule has 0 aromatic carbocycles. The molecule has 0 bridgehead atoms. The minimum Gasteiger partial charge on any atom is -0.377 e. The molecule has 1 heterocycles. The summed E-state index contributed by atoms with van der Waals surface area (Å²) in [6, 6.07) is 4.91. The van der Waals surface area contributed by atoms with Crippen molar-refractivity contribution in [2.75, 3.05) is 13.7 Å². The van der Waals surface area contributed by atoms with Gasteiger partial charge in [-0.25, -0.2) is 0 Å². The molecular formula is C10H13NO3. The highest BCUT2D eigenvalue weighted by molar-refractivity contribution is 5.79. The number of pyridine rings is 1. The van der Waals surface area contributed by atoms with Crippen molar-refractivity contribution in [3.63, 3.8) is 0 Å². The van der Waals surface area contributed by atoms with Gasteiger partial charge in [0.1, 0.15) is 6.61 Å². The van der Waals surface area contributed by atoms with Crippen LogP contribution in [0.5, 0.6) is 0 Å². The van der Waals surface area contributed by atoms with Gasteiger partial charge in [0, 0.05) is 18.9 Å². The summed E-state index contributed by atoms with van der Waals surface area (Å²) in [5.74, 6) is -0.108. The number of rotatable bonds is 4. The van der Waals surface area contributed by atoms with Crippen molar-refractivity contribution in [3.8, 4) is 0 Å². The molecule has 1 aromatic heterocycles. The van der Waals surface area contributed by atoms with E-state index >= 15 is 0 Å². The number of methoxy groups -OCH3 is 1. The molecule has 0 aliphatic rings. The van der Waals surface area contributed by atoms with E-state index in [1.165, 1.54) is 17.7 Å². The Morgan fingerprint density at radius 2 is 2.21 bits per heavy atom. The van der Waals surface area contributed by atoms with E-state index in [0.29, 0.717) is 0 Å². The van der Waals surface area contributed by atoms with Gasteiger partial charge in [-0.1, -0.05) is 6.07 Å². The van der Waals surface area contributed by atoms with Crippen LogP contribution < -0.4 is 5.56 Å². The molecule has 4 nitrogen and oxygen atoms in total. The van der Waals surface area contributed by atoms with Gasteiger partial charge in [0.05, 0.1) is 6.54 Å². The maximum Gasteiger partial charge on any atom is 0.251 e. The second-order valence-corrected chi connectivity index (χ2v) is 3.06. The standard InChI is InChI=1S/C10H13NO3/c1-8-4-3-5-10(13)11(8)6-9(12)7-14-2/h3-5H,6-7H2,1-2H3. The highest BCUT2D eigenvalue weighted by atomic mass is 16.5. The smallest absolute Gasteiger partial charge is 0.251 e. The second-order valence-electron chi connectivity index (χ2n) is 3.06. The second kappa shape index (κ2) is 4.72. The Bertz CT molecular complexity index is 381. The lowest BCUT2D eigenvalue weighted by Gasteiger charge is -2.07. The van der Waals surface area contributed by atoms with Crippen molar-refractivity contribution < 1.29 is 9.53 Å². The zero-order chi connectivity index (χ0) is 10.6. The summed E-state index contributed by atoms with van der Waals surface area (Å²) in [6.45, 7) is 1.92. The van der Waals surface area contributed by atoms with Crippen molar-refractivity contribution in [2.45, 2.75) is 13.5 Å². The summed E-state index contributed by atoms with van der Waals surface area (Å²) in [7, 11) is 1.46. The molecule has 4 heteroatoms. The fraction of sp³-hybridized carbons (Fsp3) is 0.400. The van der Waals surface area contributed by atoms with Crippen LogP contribution >= 0.6 is 0 Å². The Morgan fingerprint density at radius 1 is 1.50 bits per heavy atom. The predicted molar refractivity (Wildman–Crippen MR) is 52.3 cm³/mol. The molecule has 0 unspecified atom stereocenters. The largest absolute Gasteiger partial charge is 0.377 e. The summed E-state index contributed by atoms with van der Waals surface area (Å²) in [6.07, 6.45) is 0. The third-order valence-electron chi connectivity index (χ3n) is 1.91. The Labute approximate surface area is 82.1 Å². The molecule has 0 N–H and O–H groups in total. The minimum atomic E-state index is -0.158. The molecule has 0 amide bonds. The molecular weight excluding hydrogens is 182 g/mol. The fourth-order valence-electron chi connectivity index (χ4n) is 1.21.